The van der Waals surface area contributed by atoms with Crippen LogP contribution in [0, 0.1) is 6.92 Å². The number of carbonyl (C=O) groups is 1. The zero-order valence-corrected chi connectivity index (χ0v) is 16.3. The lowest BCUT2D eigenvalue weighted by molar-refractivity contribution is -0.123. The molecule has 3 rings (SSSR count). The second-order valence-corrected chi connectivity index (χ2v) is 7.03. The van der Waals surface area contributed by atoms with Crippen LogP contribution >= 0.6 is 23.2 Å². The molecule has 0 saturated carbocycles. The van der Waals surface area contributed by atoms with Gasteiger partial charge < -0.3 is 10.1 Å². The third kappa shape index (κ3) is 5.25. The van der Waals surface area contributed by atoms with Crippen molar-refractivity contribution in [2.45, 2.75) is 13.0 Å². The van der Waals surface area contributed by atoms with Crippen molar-refractivity contribution in [2.24, 2.45) is 0 Å². The number of ether oxygens (including phenoxy) is 1. The number of aryl methyl sites for hydroxylation is 1. The molecule has 138 valence electrons. The molecule has 1 atom stereocenters. The average Bonchev–Trinajstić information content (AvgIpc) is 2.67. The van der Waals surface area contributed by atoms with Crippen molar-refractivity contribution in [1.29, 1.82) is 0 Å². The number of hydrogen-bond acceptors (Lipinski definition) is 2. The largest absolute Gasteiger partial charge is 0.482 e. The quantitative estimate of drug-likeness (QED) is 0.586. The van der Waals surface area contributed by atoms with Crippen LogP contribution in [-0.2, 0) is 4.79 Å². The first-order valence-electron chi connectivity index (χ1n) is 8.51. The van der Waals surface area contributed by atoms with Gasteiger partial charge in [-0.1, -0.05) is 83.4 Å². The molecule has 0 heterocycles. The summed E-state index contributed by atoms with van der Waals surface area (Å²) in [5.74, 6) is 0.179. The summed E-state index contributed by atoms with van der Waals surface area (Å²) in [7, 11) is 0. The first-order chi connectivity index (χ1) is 13.0. The Labute approximate surface area is 168 Å². The van der Waals surface area contributed by atoms with Gasteiger partial charge in [0.2, 0.25) is 0 Å². The zero-order chi connectivity index (χ0) is 19.2. The molecule has 0 unspecified atom stereocenters. The third-order valence-corrected chi connectivity index (χ3v) is 4.63. The molecule has 1 N–H and O–H groups in total. The number of amides is 1. The van der Waals surface area contributed by atoms with E-state index in [9.17, 15) is 4.79 Å². The predicted octanol–water partition coefficient (Wildman–Crippen LogP) is 5.59. The lowest BCUT2D eigenvalue weighted by atomic mass is 9.98. The summed E-state index contributed by atoms with van der Waals surface area (Å²) in [4.78, 5) is 12.5. The van der Waals surface area contributed by atoms with E-state index in [0.29, 0.717) is 15.8 Å². The van der Waals surface area contributed by atoms with Gasteiger partial charge in [-0.3, -0.25) is 4.79 Å². The normalized spacial score (nSPS) is 11.7. The molecule has 0 aromatic heterocycles. The molecule has 0 fully saturated rings. The van der Waals surface area contributed by atoms with Gasteiger partial charge in [-0.05, 0) is 36.2 Å². The van der Waals surface area contributed by atoms with Gasteiger partial charge in [-0.25, -0.2) is 0 Å². The fourth-order valence-electron chi connectivity index (χ4n) is 2.70. The molecular weight excluding hydrogens is 381 g/mol. The maximum absolute atomic E-state index is 12.5. The maximum atomic E-state index is 12.5. The number of rotatable bonds is 6. The van der Waals surface area contributed by atoms with Crippen molar-refractivity contribution in [2.75, 3.05) is 6.61 Å². The molecule has 3 aromatic carbocycles. The molecule has 0 bridgehead atoms. The van der Waals surface area contributed by atoms with E-state index in [1.165, 1.54) is 0 Å². The summed E-state index contributed by atoms with van der Waals surface area (Å²) in [6, 6.07) is 22.5. The molecule has 0 aliphatic carbocycles. The van der Waals surface area contributed by atoms with Gasteiger partial charge >= 0.3 is 0 Å². The van der Waals surface area contributed by atoms with Crippen LogP contribution in [0.5, 0.6) is 5.75 Å². The maximum Gasteiger partial charge on any atom is 0.258 e. The molecule has 0 radical (unpaired) electrons. The van der Waals surface area contributed by atoms with E-state index in [0.717, 1.165) is 16.7 Å². The lowest BCUT2D eigenvalue weighted by Crippen LogP contribution is -2.33. The molecular formula is C22H19Cl2NO2. The predicted molar refractivity (Wildman–Crippen MR) is 110 cm³/mol. The molecule has 5 heteroatoms. The van der Waals surface area contributed by atoms with Gasteiger partial charge in [0.15, 0.2) is 6.61 Å². The summed E-state index contributed by atoms with van der Waals surface area (Å²) < 4.78 is 5.54. The van der Waals surface area contributed by atoms with E-state index in [2.05, 4.69) is 5.32 Å². The monoisotopic (exact) mass is 399 g/mol. The lowest BCUT2D eigenvalue weighted by Gasteiger charge is -2.20. The minimum absolute atomic E-state index is 0.142. The van der Waals surface area contributed by atoms with E-state index in [1.54, 1.807) is 18.2 Å². The Bertz CT molecular complexity index is 911. The number of nitrogens with one attached hydrogen (secondary N) is 1. The summed E-state index contributed by atoms with van der Waals surface area (Å²) in [6.45, 7) is 1.89. The van der Waals surface area contributed by atoms with E-state index in [4.69, 9.17) is 27.9 Å². The van der Waals surface area contributed by atoms with Crippen molar-refractivity contribution in [3.8, 4) is 5.75 Å². The molecule has 27 heavy (non-hydrogen) atoms. The fraction of sp³-hybridized carbons (Fsp3) is 0.136. The van der Waals surface area contributed by atoms with Gasteiger partial charge in [0.25, 0.3) is 5.91 Å². The molecule has 0 aliphatic heterocycles. The van der Waals surface area contributed by atoms with E-state index >= 15 is 0 Å². The minimum atomic E-state index is -0.261. The summed E-state index contributed by atoms with van der Waals surface area (Å²) in [5, 5.41) is 3.92. The van der Waals surface area contributed by atoms with Crippen LogP contribution in [-0.4, -0.2) is 12.5 Å². The number of benzene rings is 3. The number of halogens is 2. The smallest absolute Gasteiger partial charge is 0.258 e. The molecule has 1 amide bonds. The summed E-state index contributed by atoms with van der Waals surface area (Å²) in [5.41, 5.74) is 3.17. The second kappa shape index (κ2) is 8.94. The van der Waals surface area contributed by atoms with Gasteiger partial charge in [0, 0.05) is 5.02 Å². The van der Waals surface area contributed by atoms with Crippen molar-refractivity contribution in [3.05, 3.63) is 99.5 Å². The Morgan fingerprint density at radius 3 is 2.30 bits per heavy atom. The first kappa shape index (κ1) is 19.3. The Kier molecular flexibility index (Phi) is 6.38. The Hall–Kier alpha value is -2.49. The van der Waals surface area contributed by atoms with Gasteiger partial charge in [0.1, 0.15) is 5.75 Å². The Morgan fingerprint density at radius 1 is 0.963 bits per heavy atom. The molecule has 3 aromatic rings. The Balaban J connectivity index is 1.73. The van der Waals surface area contributed by atoms with Crippen LogP contribution in [0.3, 0.4) is 0 Å². The summed E-state index contributed by atoms with van der Waals surface area (Å²) >= 11 is 12.0. The average molecular weight is 400 g/mol. The van der Waals surface area contributed by atoms with E-state index < -0.39 is 0 Å². The fourth-order valence-corrected chi connectivity index (χ4v) is 3.16. The highest BCUT2D eigenvalue weighted by molar-refractivity contribution is 6.35. The van der Waals surface area contributed by atoms with Crippen LogP contribution in [0.1, 0.15) is 22.7 Å². The van der Waals surface area contributed by atoms with Crippen LogP contribution in [0.4, 0.5) is 0 Å². The third-order valence-electron chi connectivity index (χ3n) is 4.10. The van der Waals surface area contributed by atoms with Crippen molar-refractivity contribution in [3.63, 3.8) is 0 Å². The van der Waals surface area contributed by atoms with E-state index in [-0.39, 0.29) is 18.6 Å². The second-order valence-electron chi connectivity index (χ2n) is 6.19. The highest BCUT2D eigenvalue weighted by Gasteiger charge is 2.17. The van der Waals surface area contributed by atoms with Crippen LogP contribution in [0.15, 0.2) is 72.8 Å². The van der Waals surface area contributed by atoms with Crippen LogP contribution in [0.25, 0.3) is 0 Å². The van der Waals surface area contributed by atoms with Crippen molar-refractivity contribution >= 4 is 29.1 Å². The minimum Gasteiger partial charge on any atom is -0.482 e. The van der Waals surface area contributed by atoms with Gasteiger partial charge in [-0.2, -0.15) is 0 Å². The van der Waals surface area contributed by atoms with Crippen molar-refractivity contribution < 1.29 is 9.53 Å². The highest BCUT2D eigenvalue weighted by atomic mass is 35.5. The molecule has 0 spiro atoms. The van der Waals surface area contributed by atoms with Gasteiger partial charge in [0.05, 0.1) is 11.1 Å². The van der Waals surface area contributed by atoms with Gasteiger partial charge in [-0.15, -0.1) is 0 Å². The summed E-state index contributed by atoms with van der Waals surface area (Å²) in [6.07, 6.45) is 0. The van der Waals surface area contributed by atoms with E-state index in [1.807, 2.05) is 61.5 Å². The standard InChI is InChI=1S/C22H19Cl2NO2/c1-15-7-9-17(10-8-15)22(16-5-3-2-4-6-16)25-21(26)14-27-20-12-11-18(23)13-19(20)24/h2-13,22H,14H2,1H3,(H,25,26)/t22-/m0/s1. The molecule has 0 saturated heterocycles. The highest BCUT2D eigenvalue weighted by Crippen LogP contribution is 2.27. The molecule has 0 aliphatic rings. The number of hydrogen-bond donors (Lipinski definition) is 1. The van der Waals surface area contributed by atoms with Crippen molar-refractivity contribution in [1.82, 2.24) is 5.32 Å². The molecule has 3 nitrogen and oxygen atoms in total. The zero-order valence-electron chi connectivity index (χ0n) is 14.8. The SMILES string of the molecule is Cc1ccc([C@@H](NC(=O)COc2ccc(Cl)cc2Cl)c2ccccc2)cc1. The van der Waals surface area contributed by atoms with Crippen LogP contribution < -0.4 is 10.1 Å². The Morgan fingerprint density at radius 2 is 1.63 bits per heavy atom. The van der Waals surface area contributed by atoms with Crippen LogP contribution in [0.2, 0.25) is 10.0 Å². The number of carbonyl (C=O) groups excluding carboxylic acids is 1. The topological polar surface area (TPSA) is 38.3 Å². The first-order valence-corrected chi connectivity index (χ1v) is 9.27.